The maximum absolute atomic E-state index is 9.26. The van der Waals surface area contributed by atoms with E-state index in [2.05, 4.69) is 0 Å². The molecular weight excluding hydrogens is 206 g/mol. The van der Waals surface area contributed by atoms with Crippen LogP contribution in [0.4, 0.5) is 4.79 Å². The highest BCUT2D eigenvalue weighted by Crippen LogP contribution is 2.18. The van der Waals surface area contributed by atoms with Crippen LogP contribution in [0.25, 0.3) is 10.8 Å². The quantitative estimate of drug-likeness (QED) is 0.637. The van der Waals surface area contributed by atoms with Crippen molar-refractivity contribution in [2.24, 2.45) is 0 Å². The Morgan fingerprint density at radius 2 is 1.69 bits per heavy atom. The van der Waals surface area contributed by atoms with Crippen molar-refractivity contribution < 1.29 is 15.0 Å². The third-order valence-electron chi connectivity index (χ3n) is 1.95. The van der Waals surface area contributed by atoms with E-state index >= 15 is 0 Å². The van der Waals surface area contributed by atoms with Crippen molar-refractivity contribution in [2.45, 2.75) is 0 Å². The Balaban J connectivity index is 0.000000221. The van der Waals surface area contributed by atoms with Crippen molar-refractivity contribution in [3.63, 3.8) is 0 Å². The number of aromatic hydroxyl groups is 1. The molecule has 0 aliphatic heterocycles. The summed E-state index contributed by atoms with van der Waals surface area (Å²) in [6.45, 7) is 0. The van der Waals surface area contributed by atoms with Crippen LogP contribution in [0.3, 0.4) is 0 Å². The molecule has 0 aromatic heterocycles. The summed E-state index contributed by atoms with van der Waals surface area (Å²) in [6, 6.07) is 13.3. The fourth-order valence-electron chi connectivity index (χ4n) is 1.18. The van der Waals surface area contributed by atoms with E-state index in [9.17, 15) is 4.79 Å². The van der Waals surface area contributed by atoms with Gasteiger partial charge in [-0.25, -0.2) is 4.79 Å². The molecular formula is C12H13NO3. The number of rotatable bonds is 0. The average molecular weight is 219 g/mol. The molecule has 0 unspecified atom stereocenters. The Kier molecular flexibility index (Phi) is 4.15. The average Bonchev–Trinajstić information content (AvgIpc) is 2.29. The highest BCUT2D eigenvalue weighted by molar-refractivity contribution is 5.83. The van der Waals surface area contributed by atoms with Crippen LogP contribution in [0.2, 0.25) is 0 Å². The molecule has 0 heterocycles. The number of carboxylic acid groups (broad SMARTS) is 1. The lowest BCUT2D eigenvalue weighted by Crippen LogP contribution is -2.13. The molecule has 0 saturated heterocycles. The van der Waals surface area contributed by atoms with Crippen LogP contribution in [0, 0.1) is 0 Å². The van der Waals surface area contributed by atoms with Crippen molar-refractivity contribution in [3.05, 3.63) is 42.5 Å². The van der Waals surface area contributed by atoms with Crippen LogP contribution in [0.15, 0.2) is 42.5 Å². The molecule has 4 nitrogen and oxygen atoms in total. The molecule has 2 aromatic carbocycles. The van der Waals surface area contributed by atoms with E-state index in [1.54, 1.807) is 12.1 Å². The Morgan fingerprint density at radius 1 is 1.12 bits per heavy atom. The predicted octanol–water partition coefficient (Wildman–Crippen LogP) is 2.43. The highest BCUT2D eigenvalue weighted by Gasteiger charge is 1.91. The zero-order valence-electron chi connectivity index (χ0n) is 8.84. The van der Waals surface area contributed by atoms with Gasteiger partial charge in [0.1, 0.15) is 5.75 Å². The summed E-state index contributed by atoms with van der Waals surface area (Å²) >= 11 is 0. The van der Waals surface area contributed by atoms with Gasteiger partial charge in [-0.15, -0.1) is 0 Å². The number of hydrogen-bond acceptors (Lipinski definition) is 2. The van der Waals surface area contributed by atoms with Crippen LogP contribution < -0.4 is 5.32 Å². The molecule has 2 aromatic rings. The van der Waals surface area contributed by atoms with Crippen molar-refractivity contribution in [2.75, 3.05) is 7.05 Å². The van der Waals surface area contributed by atoms with E-state index in [0.29, 0.717) is 5.75 Å². The lowest BCUT2D eigenvalue weighted by molar-refractivity contribution is 0.197. The molecule has 0 aliphatic rings. The number of nitrogens with one attached hydrogen (secondary N) is 1. The first-order valence-corrected chi connectivity index (χ1v) is 4.72. The molecule has 0 radical (unpaired) electrons. The number of carbonyl (C=O) groups is 1. The number of phenolic OH excluding ortho intramolecular Hbond substituents is 1. The van der Waals surface area contributed by atoms with Gasteiger partial charge in [0.2, 0.25) is 0 Å². The van der Waals surface area contributed by atoms with Gasteiger partial charge in [0.05, 0.1) is 0 Å². The van der Waals surface area contributed by atoms with E-state index in [1.165, 1.54) is 7.05 Å². The van der Waals surface area contributed by atoms with Gasteiger partial charge < -0.3 is 15.5 Å². The minimum atomic E-state index is -0.995. The Morgan fingerprint density at radius 3 is 2.25 bits per heavy atom. The van der Waals surface area contributed by atoms with Gasteiger partial charge in [-0.05, 0) is 22.9 Å². The number of hydrogen-bond donors (Lipinski definition) is 3. The standard InChI is InChI=1S/C10H8O.C2H5NO2/c11-10-6-5-8-3-1-2-4-9(8)7-10;1-3-2(4)5/h1-7,11H;3H,1H3,(H,4,5). The van der Waals surface area contributed by atoms with Gasteiger partial charge in [0.25, 0.3) is 0 Å². The van der Waals surface area contributed by atoms with Crippen LogP contribution >= 0.6 is 0 Å². The molecule has 3 N–H and O–H groups in total. The fourth-order valence-corrected chi connectivity index (χ4v) is 1.18. The van der Waals surface area contributed by atoms with Gasteiger partial charge in [-0.3, -0.25) is 0 Å². The zero-order chi connectivity index (χ0) is 12.0. The summed E-state index contributed by atoms with van der Waals surface area (Å²) in [5.74, 6) is 0.323. The van der Waals surface area contributed by atoms with Crippen molar-refractivity contribution >= 4 is 16.9 Å². The molecule has 4 heteroatoms. The van der Waals surface area contributed by atoms with Crippen molar-refractivity contribution in [1.29, 1.82) is 0 Å². The van der Waals surface area contributed by atoms with Gasteiger partial charge in [0, 0.05) is 7.05 Å². The summed E-state index contributed by atoms with van der Waals surface area (Å²) < 4.78 is 0. The molecule has 2 rings (SSSR count). The van der Waals surface area contributed by atoms with Gasteiger partial charge in [0.15, 0.2) is 0 Å². The fraction of sp³-hybridized carbons (Fsp3) is 0.0833. The molecule has 0 spiro atoms. The van der Waals surface area contributed by atoms with Crippen LogP contribution in [-0.2, 0) is 0 Å². The summed E-state index contributed by atoms with van der Waals surface area (Å²) in [5, 5.41) is 20.9. The number of phenols is 1. The Bertz CT molecular complexity index is 482. The lowest BCUT2D eigenvalue weighted by Gasteiger charge is -1.96. The second kappa shape index (κ2) is 5.60. The SMILES string of the molecule is CNC(=O)O.Oc1ccc2ccccc2c1. The highest BCUT2D eigenvalue weighted by atomic mass is 16.4. The Labute approximate surface area is 93.1 Å². The first kappa shape index (κ1) is 11.8. The zero-order valence-corrected chi connectivity index (χ0v) is 8.84. The summed E-state index contributed by atoms with van der Waals surface area (Å²) in [5.41, 5.74) is 0. The summed E-state index contributed by atoms with van der Waals surface area (Å²) in [7, 11) is 1.35. The minimum absolute atomic E-state index is 0.323. The topological polar surface area (TPSA) is 69.6 Å². The summed E-state index contributed by atoms with van der Waals surface area (Å²) in [4.78, 5) is 9.26. The third-order valence-corrected chi connectivity index (χ3v) is 1.95. The monoisotopic (exact) mass is 219 g/mol. The summed E-state index contributed by atoms with van der Waals surface area (Å²) in [6.07, 6.45) is -0.995. The maximum atomic E-state index is 9.26. The molecule has 0 atom stereocenters. The minimum Gasteiger partial charge on any atom is -0.508 e. The van der Waals surface area contributed by atoms with Gasteiger partial charge >= 0.3 is 6.09 Å². The number of benzene rings is 2. The van der Waals surface area contributed by atoms with Crippen molar-refractivity contribution in [1.82, 2.24) is 5.32 Å². The number of amides is 1. The van der Waals surface area contributed by atoms with Crippen LogP contribution in [-0.4, -0.2) is 23.4 Å². The predicted molar refractivity (Wildman–Crippen MR) is 62.7 cm³/mol. The first-order valence-electron chi connectivity index (χ1n) is 4.72. The molecule has 84 valence electrons. The molecule has 0 saturated carbocycles. The van der Waals surface area contributed by atoms with E-state index < -0.39 is 6.09 Å². The normalized spacial score (nSPS) is 9.06. The molecule has 16 heavy (non-hydrogen) atoms. The largest absolute Gasteiger partial charge is 0.508 e. The second-order valence-electron chi connectivity index (χ2n) is 3.09. The van der Waals surface area contributed by atoms with Crippen LogP contribution in [0.1, 0.15) is 0 Å². The van der Waals surface area contributed by atoms with E-state index in [-0.39, 0.29) is 0 Å². The van der Waals surface area contributed by atoms with Gasteiger partial charge in [-0.2, -0.15) is 0 Å². The first-order chi connectivity index (χ1) is 7.63. The number of fused-ring (bicyclic) bond motifs is 1. The third kappa shape index (κ3) is 3.49. The van der Waals surface area contributed by atoms with E-state index in [0.717, 1.165) is 10.8 Å². The molecule has 0 fully saturated rings. The van der Waals surface area contributed by atoms with Gasteiger partial charge in [-0.1, -0.05) is 30.3 Å². The Hall–Kier alpha value is -2.23. The lowest BCUT2D eigenvalue weighted by atomic mass is 10.1. The van der Waals surface area contributed by atoms with E-state index in [4.69, 9.17) is 10.2 Å². The molecule has 0 bridgehead atoms. The van der Waals surface area contributed by atoms with Crippen molar-refractivity contribution in [3.8, 4) is 5.75 Å². The smallest absolute Gasteiger partial charge is 0.404 e. The van der Waals surface area contributed by atoms with Crippen LogP contribution in [0.5, 0.6) is 5.75 Å². The second-order valence-corrected chi connectivity index (χ2v) is 3.09. The maximum Gasteiger partial charge on any atom is 0.404 e. The molecule has 0 aliphatic carbocycles. The van der Waals surface area contributed by atoms with E-state index in [1.807, 2.05) is 35.6 Å². The molecule has 1 amide bonds.